The fourth-order valence-electron chi connectivity index (χ4n) is 2.18. The maximum atomic E-state index is 13.1. The Morgan fingerprint density at radius 3 is 2.38 bits per heavy atom. The fraction of sp³-hybridized carbons (Fsp3) is 0.600. The summed E-state index contributed by atoms with van der Waals surface area (Å²) in [5, 5.41) is 0. The van der Waals surface area contributed by atoms with Crippen LogP contribution in [0.5, 0.6) is 0 Å². The molecule has 0 aliphatic heterocycles. The highest BCUT2D eigenvalue weighted by Crippen LogP contribution is 2.35. The second-order valence-electron chi connectivity index (χ2n) is 5.24. The van der Waals surface area contributed by atoms with E-state index in [0.29, 0.717) is 13.2 Å². The topological polar surface area (TPSA) is 38.5 Å². The number of hydrogen-bond donors (Lipinski definition) is 1. The lowest BCUT2D eigenvalue weighted by atomic mass is 9.99. The van der Waals surface area contributed by atoms with E-state index in [1.165, 1.54) is 12.1 Å². The van der Waals surface area contributed by atoms with E-state index in [4.69, 9.17) is 10.5 Å². The molecule has 1 atom stereocenters. The highest BCUT2D eigenvalue weighted by atomic mass is 19.4. The van der Waals surface area contributed by atoms with Crippen LogP contribution in [-0.4, -0.2) is 37.7 Å². The summed E-state index contributed by atoms with van der Waals surface area (Å²) in [6.07, 6.45) is -4.28. The van der Waals surface area contributed by atoms with E-state index < -0.39 is 17.8 Å². The van der Waals surface area contributed by atoms with Crippen molar-refractivity contribution in [1.82, 2.24) is 4.90 Å². The Morgan fingerprint density at radius 2 is 1.86 bits per heavy atom. The molecule has 0 aromatic heterocycles. The minimum atomic E-state index is -4.38. The number of rotatable bonds is 7. The van der Waals surface area contributed by atoms with Crippen LogP contribution in [0.4, 0.5) is 13.2 Å². The molecule has 0 spiro atoms. The standard InChI is InChI=1S/C15H23F3N2O/c1-11(2)21-9-8-20(3)14(10-19)12-6-4-5-7-13(12)15(16,17)18/h4-7,11,14H,8-10,19H2,1-3H3. The van der Waals surface area contributed by atoms with E-state index in [1.54, 1.807) is 18.0 Å². The average Bonchev–Trinajstić information content (AvgIpc) is 2.38. The number of likely N-dealkylation sites (N-methyl/N-ethyl adjacent to an activating group) is 1. The number of nitrogens with zero attached hydrogens (tertiary/aromatic N) is 1. The highest BCUT2D eigenvalue weighted by Gasteiger charge is 2.35. The van der Waals surface area contributed by atoms with Crippen molar-refractivity contribution in [2.45, 2.75) is 32.2 Å². The van der Waals surface area contributed by atoms with Crippen molar-refractivity contribution in [3.05, 3.63) is 35.4 Å². The van der Waals surface area contributed by atoms with Gasteiger partial charge in [-0.2, -0.15) is 13.2 Å². The number of halogens is 3. The molecule has 0 aliphatic carbocycles. The lowest BCUT2D eigenvalue weighted by molar-refractivity contribution is -0.138. The maximum Gasteiger partial charge on any atom is 0.416 e. The van der Waals surface area contributed by atoms with Crippen LogP contribution in [0, 0.1) is 0 Å². The molecule has 1 unspecified atom stereocenters. The van der Waals surface area contributed by atoms with E-state index >= 15 is 0 Å². The van der Waals surface area contributed by atoms with Crippen molar-refractivity contribution in [1.29, 1.82) is 0 Å². The van der Waals surface area contributed by atoms with E-state index in [9.17, 15) is 13.2 Å². The number of hydrogen-bond acceptors (Lipinski definition) is 3. The molecule has 0 aliphatic rings. The average molecular weight is 304 g/mol. The van der Waals surface area contributed by atoms with E-state index in [2.05, 4.69) is 0 Å². The summed E-state index contributed by atoms with van der Waals surface area (Å²) in [4.78, 5) is 1.80. The minimum Gasteiger partial charge on any atom is -0.377 e. The summed E-state index contributed by atoms with van der Waals surface area (Å²) >= 11 is 0. The van der Waals surface area contributed by atoms with Gasteiger partial charge in [0, 0.05) is 19.1 Å². The predicted molar refractivity (Wildman–Crippen MR) is 77.0 cm³/mol. The molecular formula is C15H23F3N2O. The molecule has 0 saturated carbocycles. The van der Waals surface area contributed by atoms with E-state index in [-0.39, 0.29) is 18.2 Å². The van der Waals surface area contributed by atoms with Gasteiger partial charge in [0.05, 0.1) is 18.3 Å². The van der Waals surface area contributed by atoms with Gasteiger partial charge in [-0.25, -0.2) is 0 Å². The highest BCUT2D eigenvalue weighted by molar-refractivity contribution is 5.32. The van der Waals surface area contributed by atoms with Crippen molar-refractivity contribution in [3.63, 3.8) is 0 Å². The lowest BCUT2D eigenvalue weighted by Gasteiger charge is -2.29. The third-order valence-corrected chi connectivity index (χ3v) is 3.28. The van der Waals surface area contributed by atoms with Crippen LogP contribution in [0.3, 0.4) is 0 Å². The summed E-state index contributed by atoms with van der Waals surface area (Å²) in [5.74, 6) is 0. The molecule has 120 valence electrons. The summed E-state index contributed by atoms with van der Waals surface area (Å²) < 4.78 is 44.7. The first-order valence-electron chi connectivity index (χ1n) is 6.95. The number of alkyl halides is 3. The van der Waals surface area contributed by atoms with Gasteiger partial charge in [-0.05, 0) is 32.5 Å². The predicted octanol–water partition coefficient (Wildman–Crippen LogP) is 3.06. The van der Waals surface area contributed by atoms with Crippen LogP contribution >= 0.6 is 0 Å². The van der Waals surface area contributed by atoms with Gasteiger partial charge < -0.3 is 10.5 Å². The summed E-state index contributed by atoms with van der Waals surface area (Å²) in [5.41, 5.74) is 5.28. The van der Waals surface area contributed by atoms with Crippen molar-refractivity contribution < 1.29 is 17.9 Å². The summed E-state index contributed by atoms with van der Waals surface area (Å²) in [6.45, 7) is 4.93. The molecule has 1 aromatic carbocycles. The fourth-order valence-corrected chi connectivity index (χ4v) is 2.18. The van der Waals surface area contributed by atoms with Gasteiger partial charge in [-0.1, -0.05) is 18.2 Å². The molecule has 2 N–H and O–H groups in total. The van der Waals surface area contributed by atoms with Gasteiger partial charge in [0.15, 0.2) is 0 Å². The molecule has 21 heavy (non-hydrogen) atoms. The molecule has 6 heteroatoms. The maximum absolute atomic E-state index is 13.1. The Hall–Kier alpha value is -1.11. The van der Waals surface area contributed by atoms with Crippen molar-refractivity contribution in [3.8, 4) is 0 Å². The Morgan fingerprint density at radius 1 is 1.24 bits per heavy atom. The number of ether oxygens (including phenoxy) is 1. The Bertz CT molecular complexity index is 435. The van der Waals surface area contributed by atoms with Gasteiger partial charge in [-0.3, -0.25) is 4.90 Å². The zero-order valence-electron chi connectivity index (χ0n) is 12.7. The minimum absolute atomic E-state index is 0.0946. The van der Waals surface area contributed by atoms with Crippen LogP contribution in [0.2, 0.25) is 0 Å². The number of benzene rings is 1. The van der Waals surface area contributed by atoms with Gasteiger partial charge in [0.25, 0.3) is 0 Å². The van der Waals surface area contributed by atoms with Crippen molar-refractivity contribution in [2.24, 2.45) is 5.73 Å². The first-order valence-corrected chi connectivity index (χ1v) is 6.95. The van der Waals surface area contributed by atoms with Crippen LogP contribution < -0.4 is 5.73 Å². The van der Waals surface area contributed by atoms with Gasteiger partial charge in [0.1, 0.15) is 0 Å². The second kappa shape index (κ2) is 7.77. The molecule has 0 bridgehead atoms. The van der Waals surface area contributed by atoms with Gasteiger partial charge in [0.2, 0.25) is 0 Å². The quantitative estimate of drug-likeness (QED) is 0.841. The zero-order valence-corrected chi connectivity index (χ0v) is 12.7. The normalized spacial score (nSPS) is 14.0. The van der Waals surface area contributed by atoms with E-state index in [1.807, 2.05) is 13.8 Å². The largest absolute Gasteiger partial charge is 0.416 e. The Balaban J connectivity index is 2.89. The SMILES string of the molecule is CC(C)OCCN(C)C(CN)c1ccccc1C(F)(F)F. The molecule has 0 heterocycles. The molecule has 3 nitrogen and oxygen atoms in total. The van der Waals surface area contributed by atoms with Crippen LogP contribution in [0.25, 0.3) is 0 Å². The van der Waals surface area contributed by atoms with E-state index in [0.717, 1.165) is 6.07 Å². The Labute approximate surface area is 123 Å². The lowest BCUT2D eigenvalue weighted by Crippen LogP contribution is -2.34. The molecule has 0 radical (unpaired) electrons. The zero-order chi connectivity index (χ0) is 16.0. The monoisotopic (exact) mass is 304 g/mol. The molecule has 1 rings (SSSR count). The van der Waals surface area contributed by atoms with Crippen molar-refractivity contribution in [2.75, 3.05) is 26.7 Å². The first-order chi connectivity index (χ1) is 9.77. The Kier molecular flexibility index (Phi) is 6.64. The van der Waals surface area contributed by atoms with Crippen molar-refractivity contribution >= 4 is 0 Å². The molecule has 0 fully saturated rings. The van der Waals surface area contributed by atoms with Crippen LogP contribution in [0.1, 0.15) is 31.0 Å². The van der Waals surface area contributed by atoms with Gasteiger partial charge in [-0.15, -0.1) is 0 Å². The molecule has 1 aromatic rings. The van der Waals surface area contributed by atoms with Gasteiger partial charge >= 0.3 is 6.18 Å². The third kappa shape index (κ3) is 5.30. The van der Waals surface area contributed by atoms with Crippen LogP contribution in [0.15, 0.2) is 24.3 Å². The second-order valence-corrected chi connectivity index (χ2v) is 5.24. The smallest absolute Gasteiger partial charge is 0.377 e. The summed E-state index contributed by atoms with van der Waals surface area (Å²) in [7, 11) is 1.76. The first kappa shape index (κ1) is 17.9. The van der Waals surface area contributed by atoms with Crippen LogP contribution in [-0.2, 0) is 10.9 Å². The molecular weight excluding hydrogens is 281 g/mol. The third-order valence-electron chi connectivity index (χ3n) is 3.28. The molecule has 0 saturated heterocycles. The number of nitrogens with two attached hydrogens (primary N) is 1. The molecule has 0 amide bonds. The summed E-state index contributed by atoms with van der Waals surface area (Å²) in [6, 6.07) is 5.09.